The number of nitrogens with one attached hydrogen (secondary N) is 1. The topological polar surface area (TPSA) is 75.2 Å². The molecule has 0 bridgehead atoms. The van der Waals surface area contributed by atoms with Gasteiger partial charge in [-0.2, -0.15) is 0 Å². The summed E-state index contributed by atoms with van der Waals surface area (Å²) >= 11 is 1.33. The van der Waals surface area contributed by atoms with Crippen molar-refractivity contribution < 1.29 is 9.59 Å². The fourth-order valence-electron chi connectivity index (χ4n) is 3.20. The van der Waals surface area contributed by atoms with E-state index in [0.717, 1.165) is 34.1 Å². The number of fused-ring (bicyclic) bond motifs is 1. The molecule has 0 atom stereocenters. The first-order valence-electron chi connectivity index (χ1n) is 8.64. The smallest absolute Gasteiger partial charge is 0.267 e. The van der Waals surface area contributed by atoms with Gasteiger partial charge in [-0.1, -0.05) is 6.07 Å². The van der Waals surface area contributed by atoms with Gasteiger partial charge >= 0.3 is 0 Å². The van der Waals surface area contributed by atoms with Crippen LogP contribution in [0.3, 0.4) is 0 Å². The molecule has 27 heavy (non-hydrogen) atoms. The van der Waals surface area contributed by atoms with Crippen molar-refractivity contribution in [2.24, 2.45) is 0 Å². The quantitative estimate of drug-likeness (QED) is 0.754. The molecule has 0 aliphatic carbocycles. The maximum Gasteiger partial charge on any atom is 0.267 e. The molecule has 0 spiro atoms. The molecular weight excluding hydrogens is 360 g/mol. The number of pyridine rings is 1. The number of thiazole rings is 1. The van der Waals surface area contributed by atoms with Crippen LogP contribution in [0.4, 0.5) is 11.4 Å². The van der Waals surface area contributed by atoms with E-state index in [9.17, 15) is 9.59 Å². The Kier molecular flexibility index (Phi) is 4.45. The number of benzene rings is 1. The normalized spacial score (nSPS) is 12.7. The van der Waals surface area contributed by atoms with Gasteiger partial charge in [0.1, 0.15) is 9.88 Å². The first-order valence-corrected chi connectivity index (χ1v) is 9.46. The number of nitrogens with zero attached hydrogens (tertiary/aromatic N) is 3. The van der Waals surface area contributed by atoms with E-state index in [1.165, 1.54) is 11.3 Å². The van der Waals surface area contributed by atoms with Gasteiger partial charge in [-0.15, -0.1) is 11.3 Å². The standard InChI is InChI=1S/C20H18N4O2S/c1-12-18(27-20(22-12)16-5-3-4-9-21-16)19(26)23-15-6-7-17-14(11-15)8-10-24(17)13(2)25/h3-7,9,11H,8,10H2,1-2H3,(H,23,26). The molecule has 2 amide bonds. The largest absolute Gasteiger partial charge is 0.321 e. The number of rotatable bonds is 3. The van der Waals surface area contributed by atoms with Crippen molar-refractivity contribution >= 4 is 34.5 Å². The third kappa shape index (κ3) is 3.33. The highest BCUT2D eigenvalue weighted by molar-refractivity contribution is 7.17. The molecule has 3 heterocycles. The summed E-state index contributed by atoms with van der Waals surface area (Å²) in [5.41, 5.74) is 4.15. The van der Waals surface area contributed by atoms with Crippen LogP contribution in [0.1, 0.15) is 27.9 Å². The fraction of sp³-hybridized carbons (Fsp3) is 0.200. The Morgan fingerprint density at radius 3 is 2.81 bits per heavy atom. The summed E-state index contributed by atoms with van der Waals surface area (Å²) in [4.78, 5) is 35.5. The van der Waals surface area contributed by atoms with Crippen molar-refractivity contribution in [2.45, 2.75) is 20.3 Å². The molecule has 0 saturated heterocycles. The van der Waals surface area contributed by atoms with Crippen molar-refractivity contribution in [3.8, 4) is 10.7 Å². The summed E-state index contributed by atoms with van der Waals surface area (Å²) in [5.74, 6) is -0.151. The molecule has 136 valence electrons. The molecule has 2 aromatic heterocycles. The molecule has 1 aliphatic heterocycles. The fourth-order valence-corrected chi connectivity index (χ4v) is 4.14. The van der Waals surface area contributed by atoms with Crippen LogP contribution in [0.25, 0.3) is 10.7 Å². The molecule has 1 aromatic carbocycles. The number of carbonyl (C=O) groups excluding carboxylic acids is 2. The number of carbonyl (C=O) groups is 2. The van der Waals surface area contributed by atoms with Crippen molar-refractivity contribution in [2.75, 3.05) is 16.8 Å². The first kappa shape index (κ1) is 17.4. The molecule has 0 saturated carbocycles. The molecule has 0 fully saturated rings. The lowest BCUT2D eigenvalue weighted by atomic mass is 10.1. The summed E-state index contributed by atoms with van der Waals surface area (Å²) in [6.45, 7) is 4.07. The lowest BCUT2D eigenvalue weighted by Gasteiger charge is -2.15. The van der Waals surface area contributed by atoms with Crippen LogP contribution < -0.4 is 10.2 Å². The Morgan fingerprint density at radius 2 is 2.07 bits per heavy atom. The number of aryl methyl sites for hydroxylation is 1. The van der Waals surface area contributed by atoms with E-state index in [0.29, 0.717) is 17.1 Å². The van der Waals surface area contributed by atoms with Crippen LogP contribution in [0.5, 0.6) is 0 Å². The van der Waals surface area contributed by atoms with Crippen LogP contribution in [0, 0.1) is 6.92 Å². The van der Waals surface area contributed by atoms with Crippen LogP contribution in [0.2, 0.25) is 0 Å². The molecule has 6 nitrogen and oxygen atoms in total. The van der Waals surface area contributed by atoms with Gasteiger partial charge in [0.15, 0.2) is 0 Å². The molecule has 4 rings (SSSR count). The van der Waals surface area contributed by atoms with E-state index in [1.54, 1.807) is 18.0 Å². The van der Waals surface area contributed by atoms with Crippen LogP contribution in [-0.2, 0) is 11.2 Å². The Hall–Kier alpha value is -3.06. The van der Waals surface area contributed by atoms with Crippen molar-refractivity contribution in [1.82, 2.24) is 9.97 Å². The summed E-state index contributed by atoms with van der Waals surface area (Å²) in [5, 5.41) is 3.67. The van der Waals surface area contributed by atoms with Crippen molar-refractivity contribution in [3.05, 3.63) is 58.7 Å². The van der Waals surface area contributed by atoms with Gasteiger partial charge in [0.25, 0.3) is 5.91 Å². The molecule has 1 aliphatic rings. The van der Waals surface area contributed by atoms with Crippen molar-refractivity contribution in [1.29, 1.82) is 0 Å². The summed E-state index contributed by atoms with van der Waals surface area (Å²) < 4.78 is 0. The number of hydrogen-bond acceptors (Lipinski definition) is 5. The average Bonchev–Trinajstić information content (AvgIpc) is 3.25. The van der Waals surface area contributed by atoms with E-state index in [2.05, 4.69) is 15.3 Å². The molecule has 7 heteroatoms. The van der Waals surface area contributed by atoms with Gasteiger partial charge in [-0.3, -0.25) is 14.6 Å². The van der Waals surface area contributed by atoms with Gasteiger partial charge in [0.05, 0.1) is 11.4 Å². The highest BCUT2D eigenvalue weighted by atomic mass is 32.1. The second-order valence-electron chi connectivity index (χ2n) is 6.37. The van der Waals surface area contributed by atoms with Gasteiger partial charge in [-0.25, -0.2) is 4.98 Å². The van der Waals surface area contributed by atoms with E-state index < -0.39 is 0 Å². The average molecular weight is 378 g/mol. The minimum absolute atomic E-state index is 0.0351. The Morgan fingerprint density at radius 1 is 1.22 bits per heavy atom. The molecule has 0 radical (unpaired) electrons. The van der Waals surface area contributed by atoms with E-state index in [1.807, 2.05) is 43.3 Å². The van der Waals surface area contributed by atoms with Gasteiger partial charge in [-0.05, 0) is 49.2 Å². The lowest BCUT2D eigenvalue weighted by Crippen LogP contribution is -2.25. The maximum atomic E-state index is 12.7. The van der Waals surface area contributed by atoms with Crippen LogP contribution >= 0.6 is 11.3 Å². The monoisotopic (exact) mass is 378 g/mol. The summed E-state index contributed by atoms with van der Waals surface area (Å²) in [7, 11) is 0. The predicted octanol–water partition coefficient (Wildman–Crippen LogP) is 3.67. The third-order valence-corrected chi connectivity index (χ3v) is 5.68. The number of anilines is 2. The SMILES string of the molecule is CC(=O)N1CCc2cc(NC(=O)c3sc(-c4ccccn4)nc3C)ccc21. The zero-order chi connectivity index (χ0) is 19.0. The Labute approximate surface area is 160 Å². The Balaban J connectivity index is 1.55. The van der Waals surface area contributed by atoms with Gasteiger partial charge in [0, 0.05) is 31.0 Å². The second kappa shape index (κ2) is 6.92. The number of hydrogen-bond donors (Lipinski definition) is 1. The molecule has 1 N–H and O–H groups in total. The number of amides is 2. The zero-order valence-electron chi connectivity index (χ0n) is 15.0. The molecular formula is C20H18N4O2S. The minimum atomic E-state index is -0.187. The first-order chi connectivity index (χ1) is 13.0. The third-order valence-electron chi connectivity index (χ3n) is 4.50. The van der Waals surface area contributed by atoms with Crippen LogP contribution in [0.15, 0.2) is 42.6 Å². The van der Waals surface area contributed by atoms with Gasteiger partial charge in [0.2, 0.25) is 5.91 Å². The van der Waals surface area contributed by atoms with Crippen LogP contribution in [-0.4, -0.2) is 28.3 Å². The second-order valence-corrected chi connectivity index (χ2v) is 7.37. The lowest BCUT2D eigenvalue weighted by molar-refractivity contribution is -0.116. The highest BCUT2D eigenvalue weighted by Gasteiger charge is 2.23. The predicted molar refractivity (Wildman–Crippen MR) is 106 cm³/mol. The van der Waals surface area contributed by atoms with Crippen molar-refractivity contribution in [3.63, 3.8) is 0 Å². The van der Waals surface area contributed by atoms with E-state index in [4.69, 9.17) is 0 Å². The Bertz CT molecular complexity index is 1030. The molecule has 0 unspecified atom stereocenters. The number of aromatic nitrogens is 2. The summed E-state index contributed by atoms with van der Waals surface area (Å²) in [6.07, 6.45) is 2.50. The minimum Gasteiger partial charge on any atom is -0.321 e. The van der Waals surface area contributed by atoms with E-state index >= 15 is 0 Å². The summed E-state index contributed by atoms with van der Waals surface area (Å²) in [6, 6.07) is 11.3. The maximum absolute atomic E-state index is 12.7. The van der Waals surface area contributed by atoms with E-state index in [-0.39, 0.29) is 11.8 Å². The zero-order valence-corrected chi connectivity index (χ0v) is 15.8. The molecule has 3 aromatic rings. The van der Waals surface area contributed by atoms with Gasteiger partial charge < -0.3 is 10.2 Å². The highest BCUT2D eigenvalue weighted by Crippen LogP contribution is 2.31.